The van der Waals surface area contributed by atoms with E-state index in [2.05, 4.69) is 62.9 Å². The summed E-state index contributed by atoms with van der Waals surface area (Å²) >= 11 is 0. The molecule has 2 aromatic rings. The minimum absolute atomic E-state index is 0.164. The monoisotopic (exact) mass is 304 g/mol. The lowest BCUT2D eigenvalue weighted by Crippen LogP contribution is -2.10. The van der Waals surface area contributed by atoms with E-state index in [9.17, 15) is 0 Å². The molecule has 2 nitrogen and oxygen atoms in total. The highest BCUT2D eigenvalue weighted by Gasteiger charge is 2.12. The van der Waals surface area contributed by atoms with Crippen LogP contribution < -0.4 is 5.73 Å². The highest BCUT2D eigenvalue weighted by Crippen LogP contribution is 2.21. The van der Waals surface area contributed by atoms with Crippen LogP contribution in [0.15, 0.2) is 48.5 Å². The van der Waals surface area contributed by atoms with E-state index >= 15 is 0 Å². The van der Waals surface area contributed by atoms with E-state index in [1.807, 2.05) is 18.2 Å². The van der Waals surface area contributed by atoms with E-state index in [0.29, 0.717) is 6.42 Å². The van der Waals surface area contributed by atoms with E-state index in [-0.39, 0.29) is 11.3 Å². The molecular formula is C21H24N2. The molecule has 0 radical (unpaired) electrons. The molecule has 3 N–H and O–H groups in total. The van der Waals surface area contributed by atoms with Crippen LogP contribution in [0, 0.1) is 17.3 Å². The average molecular weight is 304 g/mol. The Labute approximate surface area is 139 Å². The Balaban J connectivity index is 2.12. The van der Waals surface area contributed by atoms with Gasteiger partial charge in [-0.15, -0.1) is 0 Å². The van der Waals surface area contributed by atoms with Gasteiger partial charge in [0.05, 0.1) is 5.84 Å². The Bertz CT molecular complexity index is 738. The van der Waals surface area contributed by atoms with Crippen molar-refractivity contribution in [3.8, 4) is 11.8 Å². The maximum Gasteiger partial charge on any atom is 0.0908 e. The Morgan fingerprint density at radius 1 is 1.00 bits per heavy atom. The van der Waals surface area contributed by atoms with Gasteiger partial charge in [-0.1, -0.05) is 56.9 Å². The van der Waals surface area contributed by atoms with Crippen LogP contribution in [-0.4, -0.2) is 5.84 Å². The fourth-order valence-corrected chi connectivity index (χ4v) is 2.28. The Morgan fingerprint density at radius 2 is 1.65 bits per heavy atom. The predicted molar refractivity (Wildman–Crippen MR) is 97.8 cm³/mol. The van der Waals surface area contributed by atoms with Crippen LogP contribution >= 0.6 is 0 Å². The average Bonchev–Trinajstić information content (AvgIpc) is 2.51. The normalized spacial score (nSPS) is 10.7. The molecular weight excluding hydrogens is 280 g/mol. The molecule has 0 aliphatic rings. The van der Waals surface area contributed by atoms with E-state index in [4.69, 9.17) is 11.1 Å². The van der Waals surface area contributed by atoms with Gasteiger partial charge in [0, 0.05) is 17.5 Å². The van der Waals surface area contributed by atoms with E-state index in [1.165, 1.54) is 5.56 Å². The van der Waals surface area contributed by atoms with Gasteiger partial charge in [-0.3, -0.25) is 5.41 Å². The molecule has 0 amide bonds. The highest BCUT2D eigenvalue weighted by molar-refractivity contribution is 5.77. The van der Waals surface area contributed by atoms with E-state index in [1.54, 1.807) is 0 Å². The van der Waals surface area contributed by atoms with Crippen LogP contribution in [0.4, 0.5) is 0 Å². The summed E-state index contributed by atoms with van der Waals surface area (Å²) in [6, 6.07) is 16.6. The zero-order valence-corrected chi connectivity index (χ0v) is 14.1. The van der Waals surface area contributed by atoms with Crippen molar-refractivity contribution in [2.75, 3.05) is 0 Å². The number of aryl methyl sites for hydroxylation is 1. The molecule has 0 atom stereocenters. The number of benzene rings is 2. The first-order valence-corrected chi connectivity index (χ1v) is 7.89. The summed E-state index contributed by atoms with van der Waals surface area (Å²) < 4.78 is 0. The van der Waals surface area contributed by atoms with Gasteiger partial charge in [0.1, 0.15) is 0 Å². The molecule has 0 saturated heterocycles. The number of amidine groups is 1. The smallest absolute Gasteiger partial charge is 0.0908 e. The van der Waals surface area contributed by atoms with Crippen molar-refractivity contribution in [3.63, 3.8) is 0 Å². The molecule has 0 spiro atoms. The summed E-state index contributed by atoms with van der Waals surface area (Å²) in [4.78, 5) is 0. The minimum Gasteiger partial charge on any atom is -0.388 e. The molecule has 0 saturated carbocycles. The van der Waals surface area contributed by atoms with Crippen LogP contribution in [0.2, 0.25) is 0 Å². The zero-order valence-electron chi connectivity index (χ0n) is 14.1. The van der Waals surface area contributed by atoms with Crippen LogP contribution in [0.1, 0.15) is 49.4 Å². The van der Waals surface area contributed by atoms with Crippen LogP contribution in [0.25, 0.3) is 0 Å². The van der Waals surface area contributed by atoms with Crippen molar-refractivity contribution in [1.82, 2.24) is 0 Å². The van der Waals surface area contributed by atoms with Crippen LogP contribution in [0.5, 0.6) is 0 Å². The van der Waals surface area contributed by atoms with Gasteiger partial charge in [-0.25, -0.2) is 0 Å². The van der Waals surface area contributed by atoms with Crippen molar-refractivity contribution in [2.45, 2.75) is 39.0 Å². The molecule has 2 aromatic carbocycles. The third-order valence-electron chi connectivity index (χ3n) is 3.71. The molecule has 2 rings (SSSR count). The maximum atomic E-state index is 7.30. The third kappa shape index (κ3) is 5.30. The lowest BCUT2D eigenvalue weighted by atomic mass is 9.87. The van der Waals surface area contributed by atoms with E-state index in [0.717, 1.165) is 23.1 Å². The van der Waals surface area contributed by atoms with Gasteiger partial charge in [-0.05, 0) is 47.2 Å². The second kappa shape index (κ2) is 7.15. The first-order valence-electron chi connectivity index (χ1n) is 7.89. The SMILES string of the molecule is CC(C)(C)c1ccc(C#Cc2cccc(CCC(=N)N)c2)cc1. The molecule has 0 bridgehead atoms. The second-order valence-electron chi connectivity index (χ2n) is 6.80. The summed E-state index contributed by atoms with van der Waals surface area (Å²) in [6.07, 6.45) is 1.37. The van der Waals surface area contributed by atoms with Gasteiger partial charge >= 0.3 is 0 Å². The maximum absolute atomic E-state index is 7.30. The number of hydrogen-bond donors (Lipinski definition) is 2. The van der Waals surface area contributed by atoms with Gasteiger partial charge < -0.3 is 5.73 Å². The first-order chi connectivity index (χ1) is 10.8. The second-order valence-corrected chi connectivity index (χ2v) is 6.80. The standard InChI is InChI=1S/C21H24N2/c1-21(2,3)19-12-9-16(10-13-19)7-8-17-5-4-6-18(15-17)11-14-20(22)23/h4-6,9-10,12-13,15H,11,14H2,1-3H3,(H3,22,23). The number of hydrogen-bond acceptors (Lipinski definition) is 1. The van der Waals surface area contributed by atoms with Crippen LogP contribution in [-0.2, 0) is 11.8 Å². The Morgan fingerprint density at radius 3 is 2.26 bits per heavy atom. The topological polar surface area (TPSA) is 49.9 Å². The molecule has 0 aromatic heterocycles. The zero-order chi connectivity index (χ0) is 16.9. The van der Waals surface area contributed by atoms with Crippen molar-refractivity contribution in [1.29, 1.82) is 5.41 Å². The summed E-state index contributed by atoms with van der Waals surface area (Å²) in [6.45, 7) is 6.63. The fraction of sp³-hybridized carbons (Fsp3) is 0.286. The molecule has 23 heavy (non-hydrogen) atoms. The summed E-state index contributed by atoms with van der Waals surface area (Å²) in [7, 11) is 0. The lowest BCUT2D eigenvalue weighted by molar-refractivity contribution is 0.590. The van der Waals surface area contributed by atoms with Crippen molar-refractivity contribution >= 4 is 5.84 Å². The molecule has 0 aliphatic carbocycles. The highest BCUT2D eigenvalue weighted by atomic mass is 14.7. The van der Waals surface area contributed by atoms with E-state index < -0.39 is 0 Å². The summed E-state index contributed by atoms with van der Waals surface area (Å²) in [5.74, 6) is 6.65. The summed E-state index contributed by atoms with van der Waals surface area (Å²) in [5.41, 5.74) is 10.1. The lowest BCUT2D eigenvalue weighted by Gasteiger charge is -2.18. The molecule has 2 heteroatoms. The van der Waals surface area contributed by atoms with Gasteiger partial charge in [-0.2, -0.15) is 0 Å². The quantitative estimate of drug-likeness (QED) is 0.497. The Hall–Kier alpha value is -2.53. The molecule has 118 valence electrons. The van der Waals surface area contributed by atoms with Gasteiger partial charge in [0.25, 0.3) is 0 Å². The van der Waals surface area contributed by atoms with Gasteiger partial charge in [0.15, 0.2) is 0 Å². The first kappa shape index (κ1) is 16.8. The van der Waals surface area contributed by atoms with Crippen LogP contribution in [0.3, 0.4) is 0 Å². The number of nitrogens with two attached hydrogens (primary N) is 1. The minimum atomic E-state index is 0.164. The molecule has 0 fully saturated rings. The van der Waals surface area contributed by atoms with Crippen molar-refractivity contribution in [3.05, 3.63) is 70.8 Å². The van der Waals surface area contributed by atoms with Crippen molar-refractivity contribution < 1.29 is 0 Å². The largest absolute Gasteiger partial charge is 0.388 e. The number of nitrogens with one attached hydrogen (secondary N) is 1. The van der Waals surface area contributed by atoms with Gasteiger partial charge in [0.2, 0.25) is 0 Å². The fourth-order valence-electron chi connectivity index (χ4n) is 2.28. The number of rotatable bonds is 3. The molecule has 0 heterocycles. The predicted octanol–water partition coefficient (Wildman–Crippen LogP) is 4.25. The summed E-state index contributed by atoms with van der Waals surface area (Å²) in [5, 5.41) is 7.30. The third-order valence-corrected chi connectivity index (χ3v) is 3.71. The molecule has 0 unspecified atom stereocenters. The Kier molecular flexibility index (Phi) is 5.24. The molecule has 0 aliphatic heterocycles. The van der Waals surface area contributed by atoms with Crippen molar-refractivity contribution in [2.24, 2.45) is 5.73 Å².